The number of aryl methyl sites for hydroxylation is 2. The fourth-order valence-corrected chi connectivity index (χ4v) is 2.39. The predicted octanol–water partition coefficient (Wildman–Crippen LogP) is 2.95. The first-order chi connectivity index (χ1) is 7.83. The molecule has 86 valence electrons. The van der Waals surface area contributed by atoms with Gasteiger partial charge in [-0.15, -0.1) is 0 Å². The van der Waals surface area contributed by atoms with Crippen molar-refractivity contribution in [2.45, 2.75) is 38.9 Å². The van der Waals surface area contributed by atoms with Gasteiger partial charge in [-0.05, 0) is 35.1 Å². The summed E-state index contributed by atoms with van der Waals surface area (Å²) < 4.78 is 10.8. The van der Waals surface area contributed by atoms with E-state index < -0.39 is 0 Å². The van der Waals surface area contributed by atoms with Crippen molar-refractivity contribution in [3.8, 4) is 0 Å². The third-order valence-corrected chi connectivity index (χ3v) is 3.52. The van der Waals surface area contributed by atoms with Crippen LogP contribution in [0.3, 0.4) is 0 Å². The minimum absolute atomic E-state index is 0.370. The highest BCUT2D eigenvalue weighted by atomic mass is 16.6. The zero-order valence-electron chi connectivity index (χ0n) is 9.95. The molecular formula is C14H18O2. The molecule has 0 radical (unpaired) electrons. The summed E-state index contributed by atoms with van der Waals surface area (Å²) in [6, 6.07) is 4.68. The molecular weight excluding hydrogens is 200 g/mol. The lowest BCUT2D eigenvalue weighted by atomic mass is 9.93. The summed E-state index contributed by atoms with van der Waals surface area (Å²) in [5.41, 5.74) is 5.68. The second-order valence-corrected chi connectivity index (χ2v) is 4.60. The Morgan fingerprint density at radius 1 is 0.938 bits per heavy atom. The van der Waals surface area contributed by atoms with Crippen molar-refractivity contribution in [1.29, 1.82) is 0 Å². The van der Waals surface area contributed by atoms with Crippen LogP contribution >= 0.6 is 0 Å². The van der Waals surface area contributed by atoms with Crippen LogP contribution in [0.5, 0.6) is 0 Å². The van der Waals surface area contributed by atoms with Crippen LogP contribution in [0.1, 0.15) is 48.3 Å². The van der Waals surface area contributed by atoms with Gasteiger partial charge in [0.25, 0.3) is 0 Å². The maximum atomic E-state index is 5.42. The van der Waals surface area contributed by atoms with Crippen LogP contribution in [0, 0.1) is 0 Å². The molecule has 1 aromatic carbocycles. The Hall–Kier alpha value is -0.860. The molecule has 2 atom stereocenters. The van der Waals surface area contributed by atoms with Crippen molar-refractivity contribution < 1.29 is 9.47 Å². The van der Waals surface area contributed by atoms with Gasteiger partial charge in [-0.3, -0.25) is 0 Å². The van der Waals surface area contributed by atoms with Crippen LogP contribution in [0.15, 0.2) is 12.1 Å². The summed E-state index contributed by atoms with van der Waals surface area (Å²) >= 11 is 0. The Balaban J connectivity index is 2.05. The van der Waals surface area contributed by atoms with Crippen LogP contribution in [0.2, 0.25) is 0 Å². The summed E-state index contributed by atoms with van der Waals surface area (Å²) in [4.78, 5) is 0. The zero-order chi connectivity index (χ0) is 11.1. The maximum Gasteiger partial charge on any atom is 0.106 e. The Bertz CT molecular complexity index is 364. The van der Waals surface area contributed by atoms with E-state index in [0.29, 0.717) is 12.2 Å². The molecule has 1 aromatic rings. The number of benzene rings is 1. The van der Waals surface area contributed by atoms with E-state index in [1.165, 1.54) is 22.3 Å². The highest BCUT2D eigenvalue weighted by molar-refractivity contribution is 5.43. The van der Waals surface area contributed by atoms with Crippen molar-refractivity contribution >= 4 is 0 Å². The van der Waals surface area contributed by atoms with Crippen molar-refractivity contribution in [1.82, 2.24) is 0 Å². The van der Waals surface area contributed by atoms with E-state index >= 15 is 0 Å². The van der Waals surface area contributed by atoms with Gasteiger partial charge in [0.1, 0.15) is 12.2 Å². The van der Waals surface area contributed by atoms with E-state index in [4.69, 9.17) is 9.47 Å². The van der Waals surface area contributed by atoms with Crippen molar-refractivity contribution in [3.05, 3.63) is 34.4 Å². The molecule has 0 spiro atoms. The lowest BCUT2D eigenvalue weighted by Gasteiger charge is -2.12. The molecule has 2 aliphatic heterocycles. The summed E-state index contributed by atoms with van der Waals surface area (Å²) in [6.07, 6.45) is 2.90. The van der Waals surface area contributed by atoms with Gasteiger partial charge in [0.05, 0.1) is 13.2 Å². The second-order valence-electron chi connectivity index (χ2n) is 4.60. The molecule has 0 aliphatic carbocycles. The molecule has 3 rings (SSSR count). The molecule has 0 amide bonds. The first-order valence-corrected chi connectivity index (χ1v) is 6.22. The molecule has 2 saturated heterocycles. The fourth-order valence-electron chi connectivity index (χ4n) is 2.39. The lowest BCUT2D eigenvalue weighted by molar-refractivity contribution is 0.410. The summed E-state index contributed by atoms with van der Waals surface area (Å²) in [7, 11) is 0. The third-order valence-electron chi connectivity index (χ3n) is 3.52. The summed E-state index contributed by atoms with van der Waals surface area (Å²) in [5, 5.41) is 0. The Morgan fingerprint density at radius 3 is 1.56 bits per heavy atom. The van der Waals surface area contributed by atoms with E-state index in [1.54, 1.807) is 0 Å². The van der Waals surface area contributed by atoms with Crippen LogP contribution < -0.4 is 0 Å². The van der Waals surface area contributed by atoms with Crippen LogP contribution in [-0.2, 0) is 22.3 Å². The summed E-state index contributed by atoms with van der Waals surface area (Å²) in [6.45, 7) is 6.22. The average Bonchev–Trinajstić information content (AvgIpc) is 3.19. The van der Waals surface area contributed by atoms with Crippen LogP contribution in [-0.4, -0.2) is 13.2 Å². The van der Waals surface area contributed by atoms with Crippen LogP contribution in [0.4, 0.5) is 0 Å². The average molecular weight is 218 g/mol. The minimum atomic E-state index is 0.370. The monoisotopic (exact) mass is 218 g/mol. The van der Waals surface area contributed by atoms with Crippen molar-refractivity contribution in [2.24, 2.45) is 0 Å². The first-order valence-electron chi connectivity index (χ1n) is 6.22. The van der Waals surface area contributed by atoms with Crippen molar-refractivity contribution in [2.75, 3.05) is 13.2 Å². The first kappa shape index (κ1) is 10.3. The molecule has 0 aromatic heterocycles. The quantitative estimate of drug-likeness (QED) is 0.726. The van der Waals surface area contributed by atoms with Gasteiger partial charge in [0.15, 0.2) is 0 Å². The van der Waals surface area contributed by atoms with Crippen LogP contribution in [0.25, 0.3) is 0 Å². The molecule has 0 N–H and O–H groups in total. The fraction of sp³-hybridized carbons (Fsp3) is 0.571. The molecule has 2 fully saturated rings. The van der Waals surface area contributed by atoms with Gasteiger partial charge in [-0.1, -0.05) is 26.0 Å². The zero-order valence-corrected chi connectivity index (χ0v) is 9.95. The SMILES string of the molecule is CCc1cc(C2CO2)c(CC)cc1C1CO1. The number of ether oxygens (including phenoxy) is 2. The van der Waals surface area contributed by atoms with E-state index in [-0.39, 0.29) is 0 Å². The standard InChI is InChI=1S/C14H18O2/c1-3-9-5-12(14-8-16-14)10(4-2)6-11(9)13-7-15-13/h5-6,13-14H,3-4,7-8H2,1-2H3. The molecule has 2 nitrogen and oxygen atoms in total. The Kier molecular flexibility index (Phi) is 2.49. The van der Waals surface area contributed by atoms with Gasteiger partial charge in [0.2, 0.25) is 0 Å². The van der Waals surface area contributed by atoms with E-state index in [0.717, 1.165) is 26.1 Å². The van der Waals surface area contributed by atoms with E-state index in [2.05, 4.69) is 26.0 Å². The number of hydrogen-bond donors (Lipinski definition) is 0. The molecule has 2 heteroatoms. The maximum absolute atomic E-state index is 5.42. The number of hydrogen-bond acceptors (Lipinski definition) is 2. The second kappa shape index (κ2) is 3.86. The molecule has 2 aliphatic rings. The van der Waals surface area contributed by atoms with Gasteiger partial charge < -0.3 is 9.47 Å². The molecule has 2 unspecified atom stereocenters. The predicted molar refractivity (Wildman–Crippen MR) is 62.6 cm³/mol. The number of epoxide rings is 2. The normalized spacial score (nSPS) is 26.9. The molecule has 2 heterocycles. The highest BCUT2D eigenvalue weighted by Crippen LogP contribution is 2.39. The smallest absolute Gasteiger partial charge is 0.106 e. The summed E-state index contributed by atoms with van der Waals surface area (Å²) in [5.74, 6) is 0. The molecule has 0 bridgehead atoms. The van der Waals surface area contributed by atoms with Gasteiger partial charge >= 0.3 is 0 Å². The third kappa shape index (κ3) is 1.76. The Morgan fingerprint density at radius 2 is 1.31 bits per heavy atom. The van der Waals surface area contributed by atoms with E-state index in [9.17, 15) is 0 Å². The topological polar surface area (TPSA) is 25.1 Å². The van der Waals surface area contributed by atoms with E-state index in [1.807, 2.05) is 0 Å². The molecule has 0 saturated carbocycles. The largest absolute Gasteiger partial charge is 0.368 e. The lowest BCUT2D eigenvalue weighted by Crippen LogP contribution is -1.99. The Labute approximate surface area is 96.6 Å². The van der Waals surface area contributed by atoms with Crippen molar-refractivity contribution in [3.63, 3.8) is 0 Å². The molecule has 16 heavy (non-hydrogen) atoms. The van der Waals surface area contributed by atoms with Gasteiger partial charge in [0, 0.05) is 0 Å². The minimum Gasteiger partial charge on any atom is -0.368 e. The number of rotatable bonds is 4. The highest BCUT2D eigenvalue weighted by Gasteiger charge is 2.31. The van der Waals surface area contributed by atoms with Gasteiger partial charge in [-0.2, -0.15) is 0 Å². The van der Waals surface area contributed by atoms with Gasteiger partial charge in [-0.25, -0.2) is 0 Å².